The van der Waals surface area contributed by atoms with Crippen molar-refractivity contribution >= 4 is 43.6 Å². The lowest BCUT2D eigenvalue weighted by molar-refractivity contribution is 0.762. The predicted octanol–water partition coefficient (Wildman–Crippen LogP) is 9.57. The molecule has 0 spiro atoms. The molecule has 0 radical (unpaired) electrons. The maximum absolute atomic E-state index is 3.56. The average Bonchev–Trinajstić information content (AvgIpc) is 3.82. The average molecular weight is 613 g/mol. The van der Waals surface area contributed by atoms with Crippen molar-refractivity contribution < 1.29 is 0 Å². The summed E-state index contributed by atoms with van der Waals surface area (Å²) >= 11 is 0. The van der Waals surface area contributed by atoms with Crippen LogP contribution in [-0.4, -0.2) is 9.13 Å². The van der Waals surface area contributed by atoms with Gasteiger partial charge in [-0.25, -0.2) is 0 Å². The Kier molecular flexibility index (Phi) is 7.05. The molecular weight excluding hydrogens is 560 g/mol. The normalized spacial score (nSPS) is 14.2. The lowest BCUT2D eigenvalue weighted by atomic mass is 9.90. The summed E-state index contributed by atoms with van der Waals surface area (Å²) in [6.45, 7) is 31.5. The van der Waals surface area contributed by atoms with Crippen molar-refractivity contribution in [1.29, 1.82) is 0 Å². The molecule has 0 bridgehead atoms. The van der Waals surface area contributed by atoms with Crippen LogP contribution in [0.2, 0.25) is 0 Å². The lowest BCUT2D eigenvalue weighted by Gasteiger charge is -2.13. The molecule has 240 valence electrons. The van der Waals surface area contributed by atoms with Gasteiger partial charge in [-0.3, -0.25) is 0 Å². The second kappa shape index (κ2) is 10.5. The highest BCUT2D eigenvalue weighted by Crippen LogP contribution is 2.44. The van der Waals surface area contributed by atoms with Crippen LogP contribution >= 0.6 is 0 Å². The minimum atomic E-state index is 0.993. The van der Waals surface area contributed by atoms with E-state index in [1.54, 1.807) is 0 Å². The molecule has 46 heavy (non-hydrogen) atoms. The molecule has 0 saturated heterocycles. The Morgan fingerprint density at radius 3 is 1.11 bits per heavy atom. The highest BCUT2D eigenvalue weighted by atomic mass is 15.0. The summed E-state index contributed by atoms with van der Waals surface area (Å²) in [6, 6.07) is 0. The molecule has 2 aliphatic rings. The fourth-order valence-corrected chi connectivity index (χ4v) is 9.42. The first-order chi connectivity index (χ1) is 21.7. The Morgan fingerprint density at radius 2 is 0.609 bits per heavy atom. The number of nitrogens with one attached hydrogen (secondary N) is 2. The Hall–Kier alpha value is -3.60. The first-order valence-corrected chi connectivity index (χ1v) is 17.1. The molecule has 4 heterocycles. The van der Waals surface area contributed by atoms with E-state index in [1.807, 2.05) is 0 Å². The van der Waals surface area contributed by atoms with Crippen molar-refractivity contribution in [3.63, 3.8) is 0 Å². The quantitative estimate of drug-likeness (QED) is 0.179. The molecule has 8 rings (SSSR count). The third-order valence-corrected chi connectivity index (χ3v) is 12.9. The number of aromatic nitrogens is 2. The summed E-state index contributed by atoms with van der Waals surface area (Å²) < 4.78 is 4.90. The standard InChI is InChI=1S/2C21H26N2/c1-10-11(2)15(6)20-18(13(10)4)19-14(5)12(3)16-8-22-9-17(16)21(19)23(20)7;1-10-11(2)13(4)20-18(12(10)3)19-14(5)16-8-22-9-17(16)15(6)21(19)23(20)7/h2*22H,8-9H2,1-7H3. The van der Waals surface area contributed by atoms with Gasteiger partial charge in [-0.15, -0.1) is 0 Å². The van der Waals surface area contributed by atoms with Crippen LogP contribution in [0.25, 0.3) is 43.6 Å². The molecular formula is C42H52N4. The van der Waals surface area contributed by atoms with Crippen LogP contribution in [0.3, 0.4) is 0 Å². The van der Waals surface area contributed by atoms with Crippen LogP contribution in [0.4, 0.5) is 0 Å². The maximum Gasteiger partial charge on any atom is 0.0540 e. The van der Waals surface area contributed by atoms with Gasteiger partial charge in [-0.05, 0) is 172 Å². The van der Waals surface area contributed by atoms with Crippen LogP contribution in [-0.2, 0) is 40.3 Å². The van der Waals surface area contributed by atoms with Crippen LogP contribution in [0.15, 0.2) is 0 Å². The minimum Gasteiger partial charge on any atom is -0.343 e. The maximum atomic E-state index is 3.56. The number of aryl methyl sites for hydroxylation is 9. The highest BCUT2D eigenvalue weighted by molar-refractivity contribution is 6.15. The Bertz CT molecular complexity index is 2320. The molecule has 4 aromatic carbocycles. The zero-order valence-corrected chi connectivity index (χ0v) is 30.7. The van der Waals surface area contributed by atoms with Gasteiger partial charge in [0, 0.05) is 61.8 Å². The molecule has 4 nitrogen and oxygen atoms in total. The summed E-state index contributed by atoms with van der Waals surface area (Å²) in [5.74, 6) is 0. The van der Waals surface area contributed by atoms with Crippen molar-refractivity contribution in [1.82, 2.24) is 19.8 Å². The molecule has 0 amide bonds. The zero-order chi connectivity index (χ0) is 33.3. The van der Waals surface area contributed by atoms with E-state index < -0.39 is 0 Å². The van der Waals surface area contributed by atoms with E-state index in [-0.39, 0.29) is 0 Å². The third-order valence-electron chi connectivity index (χ3n) is 12.9. The Labute approximate surface area is 275 Å². The number of rotatable bonds is 0. The molecule has 2 N–H and O–H groups in total. The third kappa shape index (κ3) is 3.80. The summed E-state index contributed by atoms with van der Waals surface area (Å²) in [5.41, 5.74) is 29.2. The fourth-order valence-electron chi connectivity index (χ4n) is 9.42. The van der Waals surface area contributed by atoms with Gasteiger partial charge in [0.05, 0.1) is 22.1 Å². The van der Waals surface area contributed by atoms with Crippen LogP contribution in [0, 0.1) is 83.1 Å². The number of hydrogen-bond donors (Lipinski definition) is 2. The summed E-state index contributed by atoms with van der Waals surface area (Å²) in [6.07, 6.45) is 0. The van der Waals surface area contributed by atoms with Crippen molar-refractivity contribution in [3.8, 4) is 0 Å². The van der Waals surface area contributed by atoms with E-state index in [9.17, 15) is 0 Å². The molecule has 2 aliphatic heterocycles. The predicted molar refractivity (Wildman–Crippen MR) is 199 cm³/mol. The minimum absolute atomic E-state index is 0.993. The number of benzene rings is 4. The largest absolute Gasteiger partial charge is 0.343 e. The second-order valence-electron chi connectivity index (χ2n) is 14.6. The molecule has 0 fully saturated rings. The van der Waals surface area contributed by atoms with E-state index in [2.05, 4.69) is 117 Å². The topological polar surface area (TPSA) is 33.9 Å². The zero-order valence-electron chi connectivity index (χ0n) is 30.7. The van der Waals surface area contributed by atoms with Gasteiger partial charge < -0.3 is 19.8 Å². The van der Waals surface area contributed by atoms with Gasteiger partial charge in [-0.2, -0.15) is 0 Å². The Balaban J connectivity index is 0.000000147. The lowest BCUT2D eigenvalue weighted by Crippen LogP contribution is -2.01. The fraction of sp³-hybridized carbons (Fsp3) is 0.429. The van der Waals surface area contributed by atoms with Crippen LogP contribution < -0.4 is 10.6 Å². The van der Waals surface area contributed by atoms with Crippen LogP contribution in [0.1, 0.15) is 89.0 Å². The molecule has 2 aromatic heterocycles. The molecule has 0 saturated carbocycles. The molecule has 0 aliphatic carbocycles. The van der Waals surface area contributed by atoms with E-state index in [0.717, 1.165) is 26.2 Å². The van der Waals surface area contributed by atoms with Gasteiger partial charge in [0.25, 0.3) is 0 Å². The van der Waals surface area contributed by atoms with Gasteiger partial charge in [0.15, 0.2) is 0 Å². The molecule has 0 atom stereocenters. The molecule has 0 unspecified atom stereocenters. The first kappa shape index (κ1) is 31.0. The summed E-state index contributed by atoms with van der Waals surface area (Å²) in [7, 11) is 4.49. The van der Waals surface area contributed by atoms with Gasteiger partial charge in [0.1, 0.15) is 0 Å². The van der Waals surface area contributed by atoms with Gasteiger partial charge in [-0.1, -0.05) is 0 Å². The molecule has 6 aromatic rings. The Morgan fingerprint density at radius 1 is 0.304 bits per heavy atom. The number of nitrogens with zero attached hydrogens (tertiary/aromatic N) is 2. The van der Waals surface area contributed by atoms with Crippen molar-refractivity contribution in [2.45, 2.75) is 109 Å². The number of hydrogen-bond acceptors (Lipinski definition) is 2. The summed E-state index contributed by atoms with van der Waals surface area (Å²) in [5, 5.41) is 13.0. The van der Waals surface area contributed by atoms with Gasteiger partial charge >= 0.3 is 0 Å². The monoisotopic (exact) mass is 612 g/mol. The van der Waals surface area contributed by atoms with Crippen molar-refractivity contribution in [2.75, 3.05) is 0 Å². The van der Waals surface area contributed by atoms with Crippen molar-refractivity contribution in [3.05, 3.63) is 89.0 Å². The SMILES string of the molecule is Cc1c(C)c(C)c2c(c1C)c1c(C)c(C)c3c(c1n2C)CNC3.Cc1c(C)c(C)c2c(c1C)c1c(C)c3c(c(C)c1n2C)CNC3. The van der Waals surface area contributed by atoms with E-state index >= 15 is 0 Å². The van der Waals surface area contributed by atoms with Gasteiger partial charge in [0.2, 0.25) is 0 Å². The second-order valence-corrected chi connectivity index (χ2v) is 14.6. The van der Waals surface area contributed by atoms with E-state index in [0.29, 0.717) is 0 Å². The van der Waals surface area contributed by atoms with Crippen molar-refractivity contribution in [2.24, 2.45) is 14.1 Å². The molecule has 4 heteroatoms. The summed E-state index contributed by atoms with van der Waals surface area (Å²) in [4.78, 5) is 0. The smallest absolute Gasteiger partial charge is 0.0540 e. The first-order valence-electron chi connectivity index (χ1n) is 17.1. The number of fused-ring (bicyclic) bond motifs is 9. The van der Waals surface area contributed by atoms with E-state index in [1.165, 1.54) is 133 Å². The van der Waals surface area contributed by atoms with Crippen LogP contribution in [0.5, 0.6) is 0 Å². The highest BCUT2D eigenvalue weighted by Gasteiger charge is 2.27. The van der Waals surface area contributed by atoms with E-state index in [4.69, 9.17) is 0 Å².